The predicted octanol–water partition coefficient (Wildman–Crippen LogP) is 7.13. The van der Waals surface area contributed by atoms with Crippen molar-refractivity contribution in [2.45, 2.75) is 70.9 Å². The zero-order valence-corrected chi connectivity index (χ0v) is 21.5. The molecular weight excluding hydrogens is 440 g/mol. The van der Waals surface area contributed by atoms with Crippen LogP contribution in [0.4, 0.5) is 8.78 Å². The van der Waals surface area contributed by atoms with Gasteiger partial charge < -0.3 is 9.80 Å². The summed E-state index contributed by atoms with van der Waals surface area (Å²) in [6, 6.07) is 9.47. The van der Waals surface area contributed by atoms with Gasteiger partial charge in [0.25, 0.3) is 0 Å². The maximum absolute atomic E-state index is 14.9. The van der Waals surface area contributed by atoms with Gasteiger partial charge in [0, 0.05) is 42.7 Å². The molecule has 5 heteroatoms. The minimum Gasteiger partial charge on any atom is -0.371 e. The Kier molecular flexibility index (Phi) is 8.59. The maximum atomic E-state index is 14.9. The largest absolute Gasteiger partial charge is 0.371 e. The molecule has 0 atom stereocenters. The van der Waals surface area contributed by atoms with Gasteiger partial charge in [0.1, 0.15) is 11.5 Å². The van der Waals surface area contributed by atoms with E-state index in [0.29, 0.717) is 30.9 Å². The third-order valence-corrected chi connectivity index (χ3v) is 8.21. The van der Waals surface area contributed by atoms with Crippen LogP contribution in [0.5, 0.6) is 0 Å². The molecule has 0 aliphatic carbocycles. The van der Waals surface area contributed by atoms with E-state index < -0.39 is 5.67 Å². The summed E-state index contributed by atoms with van der Waals surface area (Å²) in [5.74, 6) is 0.452. The Hall–Kier alpha value is -2.27. The highest BCUT2D eigenvalue weighted by Crippen LogP contribution is 2.29. The number of aryl methyl sites for hydroxylation is 1. The van der Waals surface area contributed by atoms with Crippen LogP contribution in [-0.4, -0.2) is 53.2 Å². The van der Waals surface area contributed by atoms with Gasteiger partial charge in [0.05, 0.1) is 5.69 Å². The van der Waals surface area contributed by atoms with Crippen LogP contribution in [-0.2, 0) is 6.42 Å². The topological polar surface area (TPSA) is 19.4 Å². The van der Waals surface area contributed by atoms with Gasteiger partial charge in [-0.25, -0.2) is 8.78 Å². The Morgan fingerprint density at radius 1 is 1.06 bits per heavy atom. The molecular formula is C30H41F2N3. The third kappa shape index (κ3) is 6.49. The number of piperidine rings is 1. The molecule has 3 nitrogen and oxygen atoms in total. The molecule has 2 fully saturated rings. The summed E-state index contributed by atoms with van der Waals surface area (Å²) >= 11 is 0. The van der Waals surface area contributed by atoms with Crippen molar-refractivity contribution in [3.63, 3.8) is 0 Å². The number of halogens is 2. The third-order valence-electron chi connectivity index (χ3n) is 8.21. The highest BCUT2D eigenvalue weighted by molar-refractivity contribution is 5.67. The van der Waals surface area contributed by atoms with Gasteiger partial charge in [-0.3, -0.25) is 4.98 Å². The van der Waals surface area contributed by atoms with Crippen LogP contribution in [0.25, 0.3) is 17.0 Å². The summed E-state index contributed by atoms with van der Waals surface area (Å²) < 4.78 is 29.6. The number of likely N-dealkylation sites (tertiary alicyclic amines) is 2. The number of benzene rings is 1. The summed E-state index contributed by atoms with van der Waals surface area (Å²) in [4.78, 5) is 9.10. The molecule has 190 valence electrons. The number of aromatic nitrogens is 1. The van der Waals surface area contributed by atoms with Gasteiger partial charge in [-0.05, 0) is 94.1 Å². The van der Waals surface area contributed by atoms with Crippen molar-refractivity contribution < 1.29 is 8.78 Å². The first-order valence-corrected chi connectivity index (χ1v) is 13.5. The van der Waals surface area contributed by atoms with Crippen LogP contribution in [0.1, 0.15) is 69.9 Å². The summed E-state index contributed by atoms with van der Waals surface area (Å²) in [5.41, 5.74) is 3.13. The van der Waals surface area contributed by atoms with E-state index in [0.717, 1.165) is 81.7 Å². The highest BCUT2D eigenvalue weighted by Gasteiger charge is 2.30. The molecule has 4 rings (SSSR count). The number of hydrogen-bond donors (Lipinski definition) is 0. The van der Waals surface area contributed by atoms with Gasteiger partial charge in [0.2, 0.25) is 0 Å². The van der Waals surface area contributed by atoms with Gasteiger partial charge in [-0.15, -0.1) is 0 Å². The summed E-state index contributed by atoms with van der Waals surface area (Å²) in [6.07, 6.45) is 9.83. The Bertz CT molecular complexity index is 970. The van der Waals surface area contributed by atoms with E-state index >= 15 is 0 Å². The minimum absolute atomic E-state index is 0.237. The summed E-state index contributed by atoms with van der Waals surface area (Å²) in [6.45, 7) is 12.5. The van der Waals surface area contributed by atoms with E-state index in [2.05, 4.69) is 27.4 Å². The van der Waals surface area contributed by atoms with Crippen molar-refractivity contribution in [2.24, 2.45) is 5.92 Å². The van der Waals surface area contributed by atoms with Gasteiger partial charge in [0.15, 0.2) is 0 Å². The van der Waals surface area contributed by atoms with Gasteiger partial charge in [-0.2, -0.15) is 0 Å². The molecule has 2 aliphatic rings. The first-order chi connectivity index (χ1) is 16.9. The lowest BCUT2D eigenvalue weighted by atomic mass is 9.89. The van der Waals surface area contributed by atoms with Crippen LogP contribution in [0, 0.1) is 11.7 Å². The van der Waals surface area contributed by atoms with Gasteiger partial charge >= 0.3 is 0 Å². The Morgan fingerprint density at radius 2 is 1.77 bits per heavy atom. The maximum Gasteiger partial charge on any atom is 0.133 e. The van der Waals surface area contributed by atoms with Crippen molar-refractivity contribution in [3.8, 4) is 11.3 Å². The Morgan fingerprint density at radius 3 is 2.37 bits per heavy atom. The fraction of sp³-hybridized carbons (Fsp3) is 0.567. The molecule has 0 bridgehead atoms. The van der Waals surface area contributed by atoms with Crippen LogP contribution in [0.15, 0.2) is 43.1 Å². The molecule has 0 saturated carbocycles. The fourth-order valence-corrected chi connectivity index (χ4v) is 5.49. The van der Waals surface area contributed by atoms with Crippen LogP contribution < -0.4 is 0 Å². The Balaban J connectivity index is 1.27. The van der Waals surface area contributed by atoms with E-state index in [1.54, 1.807) is 6.07 Å². The van der Waals surface area contributed by atoms with E-state index in [4.69, 9.17) is 0 Å². The van der Waals surface area contributed by atoms with Crippen molar-refractivity contribution in [1.29, 1.82) is 0 Å². The molecule has 1 aromatic carbocycles. The van der Waals surface area contributed by atoms with Crippen molar-refractivity contribution in [2.75, 3.05) is 32.7 Å². The zero-order valence-electron chi connectivity index (χ0n) is 21.5. The fourth-order valence-electron chi connectivity index (χ4n) is 5.49. The normalized spacial score (nSPS) is 17.8. The molecule has 0 spiro atoms. The lowest BCUT2D eigenvalue weighted by molar-refractivity contribution is 0.0628. The molecule has 3 heterocycles. The zero-order chi connectivity index (χ0) is 24.8. The van der Waals surface area contributed by atoms with Crippen molar-refractivity contribution >= 4 is 5.70 Å². The highest BCUT2D eigenvalue weighted by atomic mass is 19.1. The first kappa shape index (κ1) is 25.8. The minimum atomic E-state index is -1.04. The second-order valence-electron chi connectivity index (χ2n) is 10.5. The predicted molar refractivity (Wildman–Crippen MR) is 141 cm³/mol. The lowest BCUT2D eigenvalue weighted by Crippen LogP contribution is -2.43. The van der Waals surface area contributed by atoms with Gasteiger partial charge in [-0.1, -0.05) is 32.6 Å². The molecule has 1 aromatic heterocycles. The number of hydrogen-bond acceptors (Lipinski definition) is 3. The molecule has 2 aliphatic heterocycles. The molecule has 0 N–H and O–H groups in total. The molecule has 0 amide bonds. The van der Waals surface area contributed by atoms with E-state index in [1.807, 2.05) is 38.2 Å². The smallest absolute Gasteiger partial charge is 0.133 e. The summed E-state index contributed by atoms with van der Waals surface area (Å²) in [7, 11) is 0. The Labute approximate surface area is 210 Å². The molecule has 35 heavy (non-hydrogen) atoms. The monoisotopic (exact) mass is 481 g/mol. The second kappa shape index (κ2) is 11.6. The first-order valence-electron chi connectivity index (χ1n) is 13.5. The average Bonchev–Trinajstić information content (AvgIpc) is 3.43. The summed E-state index contributed by atoms with van der Waals surface area (Å²) in [5, 5.41) is 0. The number of rotatable bonds is 10. The average molecular weight is 482 g/mol. The molecule has 0 unspecified atom stereocenters. The van der Waals surface area contributed by atoms with Crippen molar-refractivity contribution in [1.82, 2.24) is 14.8 Å². The lowest BCUT2D eigenvalue weighted by Gasteiger charge is -2.36. The van der Waals surface area contributed by atoms with E-state index in [9.17, 15) is 8.78 Å². The van der Waals surface area contributed by atoms with Crippen molar-refractivity contribution in [3.05, 3.63) is 60.1 Å². The number of nitrogens with zero attached hydrogens (tertiary/aromatic N) is 3. The van der Waals surface area contributed by atoms with Crippen LogP contribution in [0.2, 0.25) is 0 Å². The number of alkyl halides is 1. The SMILES string of the molecule is C=C(c1ccc(-c2ccc(CCC3CCN(CC(F)(CC)CC)CC3)cn2)cc1F)N1CCCC1. The number of pyridine rings is 1. The van der Waals surface area contributed by atoms with Crippen LogP contribution >= 0.6 is 0 Å². The van der Waals surface area contributed by atoms with E-state index in [-0.39, 0.29) is 5.82 Å². The van der Waals surface area contributed by atoms with Crippen LogP contribution in [0.3, 0.4) is 0 Å². The second-order valence-corrected chi connectivity index (χ2v) is 10.5. The molecule has 2 saturated heterocycles. The molecule has 2 aromatic rings. The van der Waals surface area contributed by atoms with E-state index in [1.165, 1.54) is 5.56 Å². The standard InChI is InChI=1S/C30H41F2N3/c1-4-30(32,5-2)22-34-18-14-24(15-19-34)8-9-25-10-13-29(33-21-25)26-11-12-27(28(31)20-26)23(3)35-16-6-7-17-35/h10-13,20-21,24H,3-9,14-19,22H2,1-2H3. The molecule has 0 radical (unpaired) electrons. The quantitative estimate of drug-likeness (QED) is 0.360.